The number of nitrogens with one attached hydrogen (secondary N) is 1. The van der Waals surface area contributed by atoms with Gasteiger partial charge < -0.3 is 0 Å². The van der Waals surface area contributed by atoms with E-state index in [0.717, 1.165) is 11.8 Å². The molecule has 0 aliphatic carbocycles. The van der Waals surface area contributed by atoms with E-state index in [-0.39, 0.29) is 10.7 Å². The Morgan fingerprint density at radius 3 is 2.74 bits per heavy atom. The molecule has 2 aromatic rings. The van der Waals surface area contributed by atoms with Gasteiger partial charge in [0.25, 0.3) is 5.91 Å². The van der Waals surface area contributed by atoms with Gasteiger partial charge in [0.1, 0.15) is 0 Å². The molecule has 0 spiro atoms. The van der Waals surface area contributed by atoms with Crippen molar-refractivity contribution in [2.75, 3.05) is 11.6 Å². The number of thioether (sulfide) groups is 1. The van der Waals surface area contributed by atoms with Crippen LogP contribution in [0.4, 0.5) is 13.9 Å². The normalized spacial score (nSPS) is 11.7. The molecular formula is C13H12F2N2O3S3. The van der Waals surface area contributed by atoms with Gasteiger partial charge in [0, 0.05) is 11.1 Å². The van der Waals surface area contributed by atoms with Gasteiger partial charge in [0.2, 0.25) is 9.84 Å². The van der Waals surface area contributed by atoms with Gasteiger partial charge in [-0.2, -0.15) is 20.5 Å². The smallest absolute Gasteiger partial charge is 0.298 e. The molecule has 0 unspecified atom stereocenters. The second-order valence-electron chi connectivity index (χ2n) is 4.33. The van der Waals surface area contributed by atoms with Crippen molar-refractivity contribution < 1.29 is 22.0 Å². The van der Waals surface area contributed by atoms with Crippen LogP contribution < -0.4 is 5.32 Å². The molecule has 124 valence electrons. The summed E-state index contributed by atoms with van der Waals surface area (Å²) in [7, 11) is -4.86. The molecule has 0 saturated heterocycles. The predicted molar refractivity (Wildman–Crippen MR) is 86.9 cm³/mol. The summed E-state index contributed by atoms with van der Waals surface area (Å²) in [6, 6.07) is 4.85. The van der Waals surface area contributed by atoms with Gasteiger partial charge in [-0.25, -0.2) is 13.4 Å². The van der Waals surface area contributed by atoms with Crippen molar-refractivity contribution in [2.45, 2.75) is 16.4 Å². The number of carbonyl (C=O) groups is 1. The molecule has 1 aromatic heterocycles. The zero-order valence-corrected chi connectivity index (χ0v) is 14.3. The van der Waals surface area contributed by atoms with Crippen molar-refractivity contribution in [1.29, 1.82) is 0 Å². The lowest BCUT2D eigenvalue weighted by Gasteiger charge is -2.09. The predicted octanol–water partition coefficient (Wildman–Crippen LogP) is 3.25. The summed E-state index contributed by atoms with van der Waals surface area (Å²) in [5.41, 5.74) is 0.431. The average Bonchev–Trinajstić information content (AvgIpc) is 2.94. The Hall–Kier alpha value is -1.52. The summed E-state index contributed by atoms with van der Waals surface area (Å²) in [4.78, 5) is 15.7. The fraction of sp³-hybridized carbons (Fsp3) is 0.231. The molecule has 0 radical (unpaired) electrons. The van der Waals surface area contributed by atoms with Gasteiger partial charge in [-0.05, 0) is 18.4 Å². The number of aromatic nitrogens is 1. The van der Waals surface area contributed by atoms with Crippen LogP contribution in [0.15, 0.2) is 34.5 Å². The second-order valence-corrected chi connectivity index (χ2v) is 7.94. The third-order valence-corrected chi connectivity index (χ3v) is 5.57. The number of sulfone groups is 1. The topological polar surface area (TPSA) is 76.1 Å². The second kappa shape index (κ2) is 7.37. The number of nitrogens with zero attached hydrogens (tertiary/aromatic N) is 1. The van der Waals surface area contributed by atoms with Crippen molar-refractivity contribution in [3.8, 4) is 0 Å². The maximum atomic E-state index is 12.7. The molecular weight excluding hydrogens is 366 g/mol. The molecule has 0 saturated carbocycles. The van der Waals surface area contributed by atoms with E-state index in [1.165, 1.54) is 29.5 Å². The minimum Gasteiger partial charge on any atom is -0.298 e. The molecule has 10 heteroatoms. The van der Waals surface area contributed by atoms with E-state index in [2.05, 4.69) is 10.3 Å². The van der Waals surface area contributed by atoms with Crippen molar-refractivity contribution in [1.82, 2.24) is 4.98 Å². The Balaban J connectivity index is 2.29. The van der Waals surface area contributed by atoms with Crippen molar-refractivity contribution in [3.05, 3.63) is 40.9 Å². The first-order valence-electron chi connectivity index (χ1n) is 6.22. The monoisotopic (exact) mass is 378 g/mol. The van der Waals surface area contributed by atoms with Crippen molar-refractivity contribution in [2.24, 2.45) is 0 Å². The molecule has 0 fully saturated rings. The van der Waals surface area contributed by atoms with Crippen LogP contribution in [0, 0.1) is 0 Å². The molecule has 1 N–H and O–H groups in total. The first-order chi connectivity index (χ1) is 10.9. The number of anilines is 1. The molecule has 23 heavy (non-hydrogen) atoms. The number of rotatable bonds is 6. The number of hydrogen-bond donors (Lipinski definition) is 1. The Bertz CT molecular complexity index is 806. The lowest BCUT2D eigenvalue weighted by molar-refractivity contribution is 0.102. The third kappa shape index (κ3) is 4.06. The molecule has 0 aliphatic heterocycles. The number of halogens is 2. The molecule has 1 aromatic carbocycles. The van der Waals surface area contributed by atoms with E-state index in [9.17, 15) is 22.0 Å². The summed E-state index contributed by atoms with van der Waals surface area (Å²) >= 11 is 2.74. The van der Waals surface area contributed by atoms with Crippen molar-refractivity contribution in [3.63, 3.8) is 0 Å². The molecule has 2 rings (SSSR count). The lowest BCUT2D eigenvalue weighted by atomic mass is 10.2. The van der Waals surface area contributed by atoms with Gasteiger partial charge >= 0.3 is 5.76 Å². The largest absolute Gasteiger partial charge is 0.341 e. The van der Waals surface area contributed by atoms with E-state index < -0.39 is 26.4 Å². The Morgan fingerprint density at radius 1 is 1.39 bits per heavy atom. The van der Waals surface area contributed by atoms with Crippen LogP contribution >= 0.6 is 23.1 Å². The summed E-state index contributed by atoms with van der Waals surface area (Å²) in [5, 5.41) is 4.48. The van der Waals surface area contributed by atoms with E-state index in [0.29, 0.717) is 5.75 Å². The minimum atomic E-state index is -4.86. The summed E-state index contributed by atoms with van der Waals surface area (Å²) < 4.78 is 48.8. The quantitative estimate of drug-likeness (QED) is 0.835. The van der Waals surface area contributed by atoms with Gasteiger partial charge in [-0.15, -0.1) is 11.3 Å². The van der Waals surface area contributed by atoms with Gasteiger partial charge in [0.05, 0.1) is 16.2 Å². The average molecular weight is 378 g/mol. The minimum absolute atomic E-state index is 0.281. The van der Waals surface area contributed by atoms with E-state index in [1.807, 2.05) is 6.26 Å². The van der Waals surface area contributed by atoms with Crippen LogP contribution in [0.25, 0.3) is 0 Å². The Labute approximate surface area is 140 Å². The van der Waals surface area contributed by atoms with Crippen LogP contribution in [0.2, 0.25) is 0 Å². The molecule has 0 bridgehead atoms. The maximum absolute atomic E-state index is 12.7. The highest BCUT2D eigenvalue weighted by atomic mass is 32.2. The zero-order valence-electron chi connectivity index (χ0n) is 11.8. The summed E-state index contributed by atoms with van der Waals surface area (Å²) in [6.07, 6.45) is 1.91. The van der Waals surface area contributed by atoms with Crippen LogP contribution in [-0.4, -0.2) is 31.3 Å². The van der Waals surface area contributed by atoms with E-state index in [1.54, 1.807) is 17.1 Å². The Kier molecular flexibility index (Phi) is 5.71. The van der Waals surface area contributed by atoms with Crippen molar-refractivity contribution >= 4 is 44.0 Å². The third-order valence-electron chi connectivity index (χ3n) is 2.74. The highest BCUT2D eigenvalue weighted by Crippen LogP contribution is 2.24. The fourth-order valence-electron chi connectivity index (χ4n) is 1.74. The summed E-state index contributed by atoms with van der Waals surface area (Å²) in [6.45, 7) is 0. The molecule has 5 nitrogen and oxygen atoms in total. The molecule has 0 aliphatic rings. The lowest BCUT2D eigenvalue weighted by Crippen LogP contribution is -2.19. The zero-order chi connectivity index (χ0) is 17.0. The first-order valence-corrected chi connectivity index (χ1v) is 10.0. The number of benzene rings is 1. The molecule has 1 amide bonds. The van der Waals surface area contributed by atoms with Crippen LogP contribution in [0.5, 0.6) is 0 Å². The van der Waals surface area contributed by atoms with Crippen LogP contribution in [0.3, 0.4) is 0 Å². The Morgan fingerprint density at radius 2 is 2.09 bits per heavy atom. The van der Waals surface area contributed by atoms with E-state index >= 15 is 0 Å². The van der Waals surface area contributed by atoms with Crippen LogP contribution in [-0.2, 0) is 15.6 Å². The number of carbonyl (C=O) groups excluding carboxylic acids is 1. The fourth-order valence-corrected chi connectivity index (χ4v) is 3.92. The maximum Gasteiger partial charge on any atom is 0.341 e. The SMILES string of the molecule is CSCc1csc(NC(=O)c2ccccc2S(=O)(=O)C(F)F)n1. The standard InChI is InChI=1S/C13H12F2N2O3S3/c1-21-6-8-7-22-13(16-8)17-11(18)9-4-2-3-5-10(9)23(19,20)12(14)15/h2-5,7,12H,6H2,1H3,(H,16,17,18). The number of alkyl halides is 2. The van der Waals surface area contributed by atoms with Gasteiger partial charge in [0.15, 0.2) is 5.13 Å². The highest BCUT2D eigenvalue weighted by molar-refractivity contribution is 7.97. The highest BCUT2D eigenvalue weighted by Gasteiger charge is 2.30. The first kappa shape index (κ1) is 17.8. The van der Waals surface area contributed by atoms with Crippen LogP contribution in [0.1, 0.15) is 16.1 Å². The number of hydrogen-bond acceptors (Lipinski definition) is 6. The van der Waals surface area contributed by atoms with Gasteiger partial charge in [-0.1, -0.05) is 12.1 Å². The number of thiazole rings is 1. The van der Waals surface area contributed by atoms with Gasteiger partial charge in [-0.3, -0.25) is 10.1 Å². The molecule has 1 heterocycles. The number of amides is 1. The van der Waals surface area contributed by atoms with E-state index in [4.69, 9.17) is 0 Å². The molecule has 0 atom stereocenters. The summed E-state index contributed by atoms with van der Waals surface area (Å²) in [5.74, 6) is -3.72.